The van der Waals surface area contributed by atoms with Gasteiger partial charge in [-0.3, -0.25) is 4.79 Å². The van der Waals surface area contributed by atoms with E-state index in [0.29, 0.717) is 0 Å². The highest BCUT2D eigenvalue weighted by Crippen LogP contribution is 2.40. The van der Waals surface area contributed by atoms with Crippen molar-refractivity contribution >= 4 is 27.8 Å². The van der Waals surface area contributed by atoms with E-state index >= 15 is 0 Å². The van der Waals surface area contributed by atoms with Crippen LogP contribution in [-0.2, 0) is 0 Å². The van der Waals surface area contributed by atoms with Crippen LogP contribution in [0.2, 0.25) is 0 Å². The van der Waals surface area contributed by atoms with Crippen LogP contribution in [0.1, 0.15) is 21.5 Å². The van der Waals surface area contributed by atoms with E-state index in [2.05, 4.69) is 105 Å². The van der Waals surface area contributed by atoms with Crippen LogP contribution < -0.4 is 0 Å². The highest BCUT2D eigenvalue weighted by molar-refractivity contribution is 6.08. The van der Waals surface area contributed by atoms with E-state index in [1.165, 1.54) is 32.7 Å². The fourth-order valence-corrected chi connectivity index (χ4v) is 4.60. The summed E-state index contributed by atoms with van der Waals surface area (Å²) in [6.07, 6.45) is 1.02. The fraction of sp³-hybridized carbons (Fsp3) is 0.0690. The molecule has 0 radical (unpaired) electrons. The van der Waals surface area contributed by atoms with Crippen molar-refractivity contribution in [2.45, 2.75) is 13.8 Å². The molecule has 5 aromatic rings. The lowest BCUT2D eigenvalue weighted by Crippen LogP contribution is -1.97. The van der Waals surface area contributed by atoms with Crippen LogP contribution in [0.15, 0.2) is 91.0 Å². The highest BCUT2D eigenvalue weighted by Gasteiger charge is 2.17. The summed E-state index contributed by atoms with van der Waals surface area (Å²) in [7, 11) is 0. The van der Waals surface area contributed by atoms with Gasteiger partial charge in [-0.2, -0.15) is 0 Å². The van der Waals surface area contributed by atoms with Gasteiger partial charge in [-0.1, -0.05) is 91.0 Å². The number of aryl methyl sites for hydroxylation is 2. The number of carbonyl (C=O) groups excluding carboxylic acids is 1. The molecule has 30 heavy (non-hydrogen) atoms. The SMILES string of the molecule is Cc1ccc2ccccc2c1-c1cccc(-c2c(C)ccc3ccccc23)c1C=O. The second-order valence-corrected chi connectivity index (χ2v) is 7.84. The van der Waals surface area contributed by atoms with Crippen LogP contribution in [0.25, 0.3) is 43.8 Å². The largest absolute Gasteiger partial charge is 0.298 e. The van der Waals surface area contributed by atoms with Crippen LogP contribution in [-0.4, -0.2) is 6.29 Å². The maximum atomic E-state index is 12.5. The smallest absolute Gasteiger partial charge is 0.151 e. The van der Waals surface area contributed by atoms with Crippen molar-refractivity contribution in [2.24, 2.45) is 0 Å². The number of fused-ring (bicyclic) bond motifs is 2. The number of benzene rings is 5. The Labute approximate surface area is 176 Å². The van der Waals surface area contributed by atoms with Gasteiger partial charge >= 0.3 is 0 Å². The average Bonchev–Trinajstić information content (AvgIpc) is 2.78. The van der Waals surface area contributed by atoms with Crippen LogP contribution >= 0.6 is 0 Å². The van der Waals surface area contributed by atoms with Gasteiger partial charge in [0, 0.05) is 5.56 Å². The standard InChI is InChI=1S/C29H22O/c1-19-14-16-21-8-3-5-10-23(21)28(19)25-12-7-13-26(27(25)18-30)29-20(2)15-17-22-9-4-6-11-24(22)29/h3-18H,1-2H3. The van der Waals surface area contributed by atoms with Gasteiger partial charge in [0.2, 0.25) is 0 Å². The zero-order chi connectivity index (χ0) is 20.7. The first kappa shape index (κ1) is 18.3. The van der Waals surface area contributed by atoms with Gasteiger partial charge in [0.1, 0.15) is 0 Å². The predicted molar refractivity (Wildman–Crippen MR) is 127 cm³/mol. The van der Waals surface area contributed by atoms with E-state index in [4.69, 9.17) is 0 Å². The molecule has 0 spiro atoms. The summed E-state index contributed by atoms with van der Waals surface area (Å²) in [6.45, 7) is 4.23. The van der Waals surface area contributed by atoms with Crippen LogP contribution in [0, 0.1) is 13.8 Å². The topological polar surface area (TPSA) is 17.1 Å². The molecule has 0 saturated carbocycles. The van der Waals surface area contributed by atoms with Crippen molar-refractivity contribution in [1.29, 1.82) is 0 Å². The van der Waals surface area contributed by atoms with Gasteiger partial charge in [-0.05, 0) is 68.8 Å². The molecule has 0 heterocycles. The van der Waals surface area contributed by atoms with E-state index < -0.39 is 0 Å². The van der Waals surface area contributed by atoms with Crippen molar-refractivity contribution in [3.05, 3.63) is 108 Å². The normalized spacial score (nSPS) is 11.1. The molecule has 0 fully saturated rings. The van der Waals surface area contributed by atoms with Crippen molar-refractivity contribution < 1.29 is 4.79 Å². The van der Waals surface area contributed by atoms with Gasteiger partial charge in [-0.15, -0.1) is 0 Å². The van der Waals surface area contributed by atoms with Crippen molar-refractivity contribution in [3.8, 4) is 22.3 Å². The van der Waals surface area contributed by atoms with Crippen molar-refractivity contribution in [2.75, 3.05) is 0 Å². The zero-order valence-electron chi connectivity index (χ0n) is 17.1. The van der Waals surface area contributed by atoms with E-state index in [1.54, 1.807) is 0 Å². The number of rotatable bonds is 3. The molecule has 0 aliphatic rings. The molecule has 5 aromatic carbocycles. The third kappa shape index (κ3) is 2.83. The zero-order valence-corrected chi connectivity index (χ0v) is 17.1. The van der Waals surface area contributed by atoms with Gasteiger partial charge in [-0.25, -0.2) is 0 Å². The first-order chi connectivity index (χ1) is 14.7. The molecule has 0 aromatic heterocycles. The summed E-state index contributed by atoms with van der Waals surface area (Å²) < 4.78 is 0. The van der Waals surface area contributed by atoms with Gasteiger partial charge < -0.3 is 0 Å². The Balaban J connectivity index is 1.88. The Bertz CT molecular complexity index is 1320. The third-order valence-corrected chi connectivity index (χ3v) is 6.04. The summed E-state index contributed by atoms with van der Waals surface area (Å²) in [4.78, 5) is 12.5. The molecular formula is C29H22O. The van der Waals surface area contributed by atoms with E-state index in [-0.39, 0.29) is 0 Å². The Morgan fingerprint density at radius 3 is 1.47 bits per heavy atom. The fourth-order valence-electron chi connectivity index (χ4n) is 4.60. The number of hydrogen-bond acceptors (Lipinski definition) is 1. The summed E-state index contributed by atoms with van der Waals surface area (Å²) in [5.74, 6) is 0. The van der Waals surface area contributed by atoms with Crippen molar-refractivity contribution in [3.63, 3.8) is 0 Å². The molecule has 144 valence electrons. The molecule has 0 aliphatic heterocycles. The second kappa shape index (κ2) is 7.27. The van der Waals surface area contributed by atoms with Crippen LogP contribution in [0.4, 0.5) is 0 Å². The molecule has 0 bridgehead atoms. The number of hydrogen-bond donors (Lipinski definition) is 0. The first-order valence-corrected chi connectivity index (χ1v) is 10.2. The summed E-state index contributed by atoms with van der Waals surface area (Å²) in [5.41, 5.74) is 7.33. The molecular weight excluding hydrogens is 364 g/mol. The van der Waals surface area contributed by atoms with Crippen molar-refractivity contribution in [1.82, 2.24) is 0 Å². The Morgan fingerprint density at radius 1 is 0.533 bits per heavy atom. The molecule has 0 aliphatic carbocycles. The highest BCUT2D eigenvalue weighted by atomic mass is 16.1. The quantitative estimate of drug-likeness (QED) is 0.290. The summed E-state index contributed by atoms with van der Waals surface area (Å²) in [5, 5.41) is 4.71. The Kier molecular flexibility index (Phi) is 4.44. The molecule has 1 heteroatoms. The lowest BCUT2D eigenvalue weighted by molar-refractivity contribution is 0.112. The van der Waals surface area contributed by atoms with Crippen LogP contribution in [0.3, 0.4) is 0 Å². The van der Waals surface area contributed by atoms with Gasteiger partial charge in [0.25, 0.3) is 0 Å². The minimum absolute atomic E-state index is 0.747. The van der Waals surface area contributed by atoms with E-state index in [0.717, 1.165) is 34.1 Å². The maximum absolute atomic E-state index is 12.5. The minimum Gasteiger partial charge on any atom is -0.298 e. The third-order valence-electron chi connectivity index (χ3n) is 6.04. The lowest BCUT2D eigenvalue weighted by Gasteiger charge is -2.18. The molecule has 0 unspecified atom stereocenters. The van der Waals surface area contributed by atoms with Gasteiger partial charge in [0.15, 0.2) is 6.29 Å². The summed E-state index contributed by atoms with van der Waals surface area (Å²) >= 11 is 0. The van der Waals surface area contributed by atoms with Crippen LogP contribution in [0.5, 0.6) is 0 Å². The first-order valence-electron chi connectivity index (χ1n) is 10.2. The Hall–Kier alpha value is -3.71. The summed E-state index contributed by atoms with van der Waals surface area (Å²) in [6, 6.07) is 31.5. The molecule has 0 saturated heterocycles. The average molecular weight is 386 g/mol. The molecule has 0 atom stereocenters. The number of carbonyl (C=O) groups is 1. The molecule has 0 N–H and O–H groups in total. The Morgan fingerprint density at radius 2 is 1.00 bits per heavy atom. The predicted octanol–water partition coefficient (Wildman–Crippen LogP) is 7.76. The molecule has 0 amide bonds. The lowest BCUT2D eigenvalue weighted by atomic mass is 9.85. The monoisotopic (exact) mass is 386 g/mol. The van der Waals surface area contributed by atoms with E-state index in [9.17, 15) is 4.79 Å². The van der Waals surface area contributed by atoms with E-state index in [1.807, 2.05) is 0 Å². The minimum atomic E-state index is 0.747. The number of aldehydes is 1. The molecule has 1 nitrogen and oxygen atoms in total. The second-order valence-electron chi connectivity index (χ2n) is 7.84. The van der Waals surface area contributed by atoms with Gasteiger partial charge in [0.05, 0.1) is 0 Å². The maximum Gasteiger partial charge on any atom is 0.151 e. The molecule has 5 rings (SSSR count).